The minimum absolute atomic E-state index is 0.158. The van der Waals surface area contributed by atoms with Crippen molar-refractivity contribution in [3.05, 3.63) is 59.1 Å². The summed E-state index contributed by atoms with van der Waals surface area (Å²) in [6.07, 6.45) is 0. The summed E-state index contributed by atoms with van der Waals surface area (Å²) in [4.78, 5) is 12.2. The normalized spacial score (nSPS) is 10.2. The fourth-order valence-electron chi connectivity index (χ4n) is 2.02. The van der Waals surface area contributed by atoms with Gasteiger partial charge in [-0.3, -0.25) is 10.1 Å². The Morgan fingerprint density at radius 2 is 1.84 bits per heavy atom. The molecular formula is C18H19ClN2O3S. The molecule has 2 aromatic rings. The van der Waals surface area contributed by atoms with Crippen LogP contribution in [0.1, 0.15) is 17.3 Å². The number of anilines is 1. The molecule has 0 saturated heterocycles. The number of thiocarbonyl (C=S) groups is 1. The van der Waals surface area contributed by atoms with E-state index >= 15 is 0 Å². The van der Waals surface area contributed by atoms with Crippen LogP contribution in [0.15, 0.2) is 48.5 Å². The lowest BCUT2D eigenvalue weighted by atomic mass is 10.2. The van der Waals surface area contributed by atoms with Gasteiger partial charge in [-0.05, 0) is 43.4 Å². The summed E-state index contributed by atoms with van der Waals surface area (Å²) in [7, 11) is 0. The zero-order chi connectivity index (χ0) is 18.1. The van der Waals surface area contributed by atoms with E-state index in [2.05, 4.69) is 10.6 Å². The van der Waals surface area contributed by atoms with Crippen molar-refractivity contribution in [3.63, 3.8) is 0 Å². The summed E-state index contributed by atoms with van der Waals surface area (Å²) in [6, 6.07) is 14.1. The molecule has 2 aromatic carbocycles. The van der Waals surface area contributed by atoms with E-state index in [0.717, 1.165) is 0 Å². The molecule has 0 atom stereocenters. The first kappa shape index (κ1) is 19.2. The number of hydrogen-bond acceptors (Lipinski definition) is 4. The fraction of sp³-hybridized carbons (Fsp3) is 0.222. The van der Waals surface area contributed by atoms with Crippen LogP contribution in [0.4, 0.5) is 5.69 Å². The number of carbonyl (C=O) groups is 1. The summed E-state index contributed by atoms with van der Waals surface area (Å²) < 4.78 is 10.9. The summed E-state index contributed by atoms with van der Waals surface area (Å²) in [5.41, 5.74) is 1.01. The zero-order valence-corrected chi connectivity index (χ0v) is 15.3. The Balaban J connectivity index is 1.96. The Morgan fingerprint density at radius 1 is 1.12 bits per heavy atom. The molecule has 0 heterocycles. The van der Waals surface area contributed by atoms with Crippen LogP contribution in [0.25, 0.3) is 0 Å². The fourth-order valence-corrected chi connectivity index (χ4v) is 2.44. The van der Waals surface area contributed by atoms with Crippen LogP contribution < -0.4 is 15.4 Å². The van der Waals surface area contributed by atoms with E-state index < -0.39 is 0 Å². The van der Waals surface area contributed by atoms with E-state index in [0.29, 0.717) is 41.8 Å². The molecule has 132 valence electrons. The molecule has 0 unspecified atom stereocenters. The molecule has 0 aliphatic carbocycles. The van der Waals surface area contributed by atoms with Crippen molar-refractivity contribution in [2.75, 3.05) is 25.1 Å². The number of halogens is 1. The molecule has 1 amide bonds. The summed E-state index contributed by atoms with van der Waals surface area (Å²) >= 11 is 11.2. The van der Waals surface area contributed by atoms with Gasteiger partial charge in [0, 0.05) is 6.61 Å². The van der Waals surface area contributed by atoms with Gasteiger partial charge in [0.25, 0.3) is 5.91 Å². The molecule has 0 bridgehead atoms. The van der Waals surface area contributed by atoms with Crippen molar-refractivity contribution in [1.82, 2.24) is 5.32 Å². The van der Waals surface area contributed by atoms with Gasteiger partial charge in [0.15, 0.2) is 5.11 Å². The Morgan fingerprint density at radius 3 is 2.60 bits per heavy atom. The van der Waals surface area contributed by atoms with Crippen LogP contribution in [0.5, 0.6) is 5.75 Å². The summed E-state index contributed by atoms with van der Waals surface area (Å²) in [6.45, 7) is 3.49. The Bertz CT molecular complexity index is 740. The summed E-state index contributed by atoms with van der Waals surface area (Å²) in [5.74, 6) is 0.245. The zero-order valence-electron chi connectivity index (χ0n) is 13.8. The Hall–Kier alpha value is -2.15. The highest BCUT2D eigenvalue weighted by molar-refractivity contribution is 7.80. The molecule has 2 N–H and O–H groups in total. The van der Waals surface area contributed by atoms with Crippen molar-refractivity contribution < 1.29 is 14.3 Å². The second-order valence-corrected chi connectivity index (χ2v) is 5.75. The van der Waals surface area contributed by atoms with Crippen LogP contribution in [-0.2, 0) is 4.74 Å². The van der Waals surface area contributed by atoms with Gasteiger partial charge in [-0.25, -0.2) is 0 Å². The van der Waals surface area contributed by atoms with Crippen molar-refractivity contribution >= 4 is 40.5 Å². The van der Waals surface area contributed by atoms with E-state index in [4.69, 9.17) is 33.3 Å². The lowest BCUT2D eigenvalue weighted by Crippen LogP contribution is -2.34. The molecular weight excluding hydrogens is 360 g/mol. The number of ether oxygens (including phenoxy) is 2. The highest BCUT2D eigenvalue weighted by Gasteiger charge is 2.12. The highest BCUT2D eigenvalue weighted by Crippen LogP contribution is 2.23. The molecule has 0 aliphatic heterocycles. The van der Waals surface area contributed by atoms with Crippen molar-refractivity contribution in [2.24, 2.45) is 0 Å². The first-order valence-electron chi connectivity index (χ1n) is 7.78. The van der Waals surface area contributed by atoms with Gasteiger partial charge in [0.2, 0.25) is 0 Å². The lowest BCUT2D eigenvalue weighted by Gasteiger charge is -2.14. The number of amides is 1. The molecule has 25 heavy (non-hydrogen) atoms. The summed E-state index contributed by atoms with van der Waals surface area (Å²) in [5, 5.41) is 6.09. The predicted octanol–water partition coefficient (Wildman–Crippen LogP) is 3.88. The number of benzene rings is 2. The molecule has 0 saturated carbocycles. The van der Waals surface area contributed by atoms with Crippen LogP contribution in [0.2, 0.25) is 5.02 Å². The third-order valence-corrected chi connectivity index (χ3v) is 3.70. The second kappa shape index (κ2) is 9.98. The maximum atomic E-state index is 12.2. The van der Waals surface area contributed by atoms with E-state index in [1.54, 1.807) is 24.3 Å². The second-order valence-electron chi connectivity index (χ2n) is 4.93. The van der Waals surface area contributed by atoms with Gasteiger partial charge in [-0.2, -0.15) is 0 Å². The topological polar surface area (TPSA) is 59.6 Å². The van der Waals surface area contributed by atoms with Crippen molar-refractivity contribution in [1.29, 1.82) is 0 Å². The quantitative estimate of drug-likeness (QED) is 0.565. The average Bonchev–Trinajstić information content (AvgIpc) is 2.60. The first-order chi connectivity index (χ1) is 12.1. The minimum Gasteiger partial charge on any atom is -0.489 e. The number of hydrogen-bond donors (Lipinski definition) is 2. The standard InChI is InChI=1S/C18H19ClN2O3S/c1-2-23-11-12-24-16-10-6-5-9-15(16)20-18(25)21-17(22)13-7-3-4-8-14(13)19/h3-10H,2,11-12H2,1H3,(H2,20,21,22,25). The SMILES string of the molecule is CCOCCOc1ccccc1NC(=S)NC(=O)c1ccccc1Cl. The van der Waals surface area contributed by atoms with Gasteiger partial charge in [-0.1, -0.05) is 35.9 Å². The van der Waals surface area contributed by atoms with Gasteiger partial charge in [0.1, 0.15) is 12.4 Å². The molecule has 7 heteroatoms. The minimum atomic E-state index is -0.377. The van der Waals surface area contributed by atoms with E-state index in [-0.39, 0.29) is 11.0 Å². The molecule has 0 aliphatic rings. The number of para-hydroxylation sites is 2. The van der Waals surface area contributed by atoms with Crippen molar-refractivity contribution in [3.8, 4) is 5.75 Å². The largest absolute Gasteiger partial charge is 0.489 e. The molecule has 5 nitrogen and oxygen atoms in total. The van der Waals surface area contributed by atoms with E-state index in [1.807, 2.05) is 31.2 Å². The number of rotatable bonds is 7. The highest BCUT2D eigenvalue weighted by atomic mass is 35.5. The van der Waals surface area contributed by atoms with Gasteiger partial charge in [0.05, 0.1) is 22.9 Å². The van der Waals surface area contributed by atoms with Crippen molar-refractivity contribution in [2.45, 2.75) is 6.92 Å². The Labute approximate surface area is 157 Å². The van der Waals surface area contributed by atoms with Crippen LogP contribution in [0, 0.1) is 0 Å². The molecule has 0 fully saturated rings. The maximum Gasteiger partial charge on any atom is 0.258 e. The van der Waals surface area contributed by atoms with Crippen LogP contribution in [0.3, 0.4) is 0 Å². The van der Waals surface area contributed by atoms with Gasteiger partial charge < -0.3 is 14.8 Å². The van der Waals surface area contributed by atoms with Gasteiger partial charge in [-0.15, -0.1) is 0 Å². The molecule has 2 rings (SSSR count). The number of carbonyl (C=O) groups excluding carboxylic acids is 1. The average molecular weight is 379 g/mol. The van der Waals surface area contributed by atoms with E-state index in [1.165, 1.54) is 0 Å². The number of nitrogens with one attached hydrogen (secondary N) is 2. The van der Waals surface area contributed by atoms with Crippen LogP contribution in [-0.4, -0.2) is 30.8 Å². The Kier molecular flexibility index (Phi) is 7.66. The van der Waals surface area contributed by atoms with Gasteiger partial charge >= 0.3 is 0 Å². The smallest absolute Gasteiger partial charge is 0.258 e. The monoisotopic (exact) mass is 378 g/mol. The van der Waals surface area contributed by atoms with Crippen LogP contribution >= 0.6 is 23.8 Å². The predicted molar refractivity (Wildman–Crippen MR) is 104 cm³/mol. The first-order valence-corrected chi connectivity index (χ1v) is 8.57. The third-order valence-electron chi connectivity index (χ3n) is 3.17. The van der Waals surface area contributed by atoms with E-state index in [9.17, 15) is 4.79 Å². The lowest BCUT2D eigenvalue weighted by molar-refractivity contribution is 0.0978. The molecule has 0 radical (unpaired) electrons. The molecule has 0 spiro atoms. The third kappa shape index (κ3) is 6.01. The maximum absolute atomic E-state index is 12.2. The molecule has 0 aromatic heterocycles.